The fourth-order valence-electron chi connectivity index (χ4n) is 3.34. The number of aromatic nitrogens is 4. The van der Waals surface area contributed by atoms with Crippen molar-refractivity contribution in [2.75, 3.05) is 31.6 Å². The number of ether oxygens (including phenoxy) is 1. The summed E-state index contributed by atoms with van der Waals surface area (Å²) in [5.41, 5.74) is 1.25. The normalized spacial score (nSPS) is 18.0. The Bertz CT molecular complexity index is 1200. The number of H-pyrrole nitrogens is 1. The van der Waals surface area contributed by atoms with Gasteiger partial charge in [-0.2, -0.15) is 4.31 Å². The summed E-state index contributed by atoms with van der Waals surface area (Å²) in [4.78, 5) is 15.6. The van der Waals surface area contributed by atoms with Crippen molar-refractivity contribution in [3.05, 3.63) is 35.5 Å². The van der Waals surface area contributed by atoms with E-state index in [9.17, 15) is 12.8 Å². The number of hydrogen-bond acceptors (Lipinski definition) is 7. The topological polar surface area (TPSA) is 113 Å². The van der Waals surface area contributed by atoms with Crippen molar-refractivity contribution in [2.45, 2.75) is 25.2 Å². The van der Waals surface area contributed by atoms with Gasteiger partial charge < -0.3 is 15.0 Å². The molecule has 0 bridgehead atoms. The number of pyridine rings is 1. The summed E-state index contributed by atoms with van der Waals surface area (Å²) in [6, 6.07) is 1.73. The highest BCUT2D eigenvalue weighted by Crippen LogP contribution is 2.28. The molecule has 1 aliphatic heterocycles. The van der Waals surface area contributed by atoms with Crippen LogP contribution in [0.15, 0.2) is 24.7 Å². The minimum Gasteiger partial charge on any atom is -0.374 e. The van der Waals surface area contributed by atoms with Crippen LogP contribution in [0.2, 0.25) is 5.02 Å². The lowest BCUT2D eigenvalue weighted by molar-refractivity contribution is 0.00656. The molecule has 1 atom stereocenters. The monoisotopic (exact) mass is 468 g/mol. The molecule has 166 valence electrons. The molecular weight excluding hydrogens is 447 g/mol. The highest BCUT2D eigenvalue weighted by molar-refractivity contribution is 7.89. The zero-order chi connectivity index (χ0) is 22.2. The molecule has 1 unspecified atom stereocenters. The number of halogens is 2. The predicted octanol–water partition coefficient (Wildman–Crippen LogP) is 2.66. The van der Waals surface area contributed by atoms with E-state index in [0.717, 1.165) is 11.6 Å². The van der Waals surface area contributed by atoms with Crippen molar-refractivity contribution >= 4 is 38.5 Å². The molecule has 0 aromatic carbocycles. The third-order valence-corrected chi connectivity index (χ3v) is 7.49. The fourth-order valence-corrected chi connectivity index (χ4v) is 4.80. The number of hydrogen-bond donors (Lipinski definition) is 2. The Morgan fingerprint density at radius 3 is 2.97 bits per heavy atom. The lowest BCUT2D eigenvalue weighted by atomic mass is 10.2. The van der Waals surface area contributed by atoms with Gasteiger partial charge in [0, 0.05) is 43.0 Å². The second kappa shape index (κ2) is 8.65. The smallest absolute Gasteiger partial charge is 0.216 e. The van der Waals surface area contributed by atoms with Gasteiger partial charge in [-0.05, 0) is 19.9 Å². The Morgan fingerprint density at radius 1 is 1.39 bits per heavy atom. The largest absolute Gasteiger partial charge is 0.374 e. The highest BCUT2D eigenvalue weighted by Gasteiger charge is 2.31. The number of rotatable bonds is 6. The third kappa shape index (κ3) is 4.49. The molecule has 1 aliphatic rings. The summed E-state index contributed by atoms with van der Waals surface area (Å²) in [6.07, 6.45) is 3.86. The van der Waals surface area contributed by atoms with E-state index in [-0.39, 0.29) is 25.5 Å². The van der Waals surface area contributed by atoms with Crippen LogP contribution in [0.1, 0.15) is 13.8 Å². The lowest BCUT2D eigenvalue weighted by Gasteiger charge is -2.33. The fraction of sp³-hybridized carbons (Fsp3) is 0.421. The molecule has 3 aromatic heterocycles. The van der Waals surface area contributed by atoms with E-state index in [1.54, 1.807) is 26.1 Å². The van der Waals surface area contributed by atoms with Gasteiger partial charge in [0.05, 0.1) is 29.2 Å². The molecule has 0 aliphatic carbocycles. The summed E-state index contributed by atoms with van der Waals surface area (Å²) in [5, 5.41) is 3.59. The Kier molecular flexibility index (Phi) is 6.11. The molecular formula is C19H22ClFN6O3S. The summed E-state index contributed by atoms with van der Waals surface area (Å²) in [6.45, 7) is 4.25. The van der Waals surface area contributed by atoms with Crippen molar-refractivity contribution in [3.63, 3.8) is 0 Å². The quantitative estimate of drug-likeness (QED) is 0.571. The van der Waals surface area contributed by atoms with Crippen LogP contribution in [-0.2, 0) is 14.8 Å². The SMILES string of the molecule is CC(C)S(=O)(=O)N1CCOC(CNc2nc(-c3c[nH]c4ncc(Cl)cc34)ncc2F)C1. The van der Waals surface area contributed by atoms with Gasteiger partial charge in [0.2, 0.25) is 10.0 Å². The van der Waals surface area contributed by atoms with E-state index in [4.69, 9.17) is 16.3 Å². The molecule has 1 saturated heterocycles. The molecule has 3 aromatic rings. The molecule has 0 saturated carbocycles. The van der Waals surface area contributed by atoms with Crippen molar-refractivity contribution in [1.82, 2.24) is 24.2 Å². The first-order valence-electron chi connectivity index (χ1n) is 9.75. The van der Waals surface area contributed by atoms with Crippen molar-refractivity contribution in [2.24, 2.45) is 0 Å². The highest BCUT2D eigenvalue weighted by atomic mass is 35.5. The van der Waals surface area contributed by atoms with Crippen LogP contribution in [0.25, 0.3) is 22.4 Å². The zero-order valence-corrected chi connectivity index (χ0v) is 18.5. The summed E-state index contributed by atoms with van der Waals surface area (Å²) < 4.78 is 46.2. The molecule has 31 heavy (non-hydrogen) atoms. The Balaban J connectivity index is 1.51. The van der Waals surface area contributed by atoms with E-state index >= 15 is 0 Å². The Labute approximate surface area is 184 Å². The molecule has 4 rings (SSSR count). The Hall–Kier alpha value is -2.34. The van der Waals surface area contributed by atoms with E-state index in [1.165, 1.54) is 10.5 Å². The van der Waals surface area contributed by atoms with Crippen LogP contribution in [0.5, 0.6) is 0 Å². The van der Waals surface area contributed by atoms with Crippen molar-refractivity contribution in [1.29, 1.82) is 0 Å². The second-order valence-electron chi connectivity index (χ2n) is 7.47. The van der Waals surface area contributed by atoms with Crippen molar-refractivity contribution < 1.29 is 17.5 Å². The first kappa shape index (κ1) is 21.9. The van der Waals surface area contributed by atoms with E-state index in [2.05, 4.69) is 25.3 Å². The van der Waals surface area contributed by atoms with Gasteiger partial charge in [-0.3, -0.25) is 0 Å². The third-order valence-electron chi connectivity index (χ3n) is 5.04. The molecule has 1 fully saturated rings. The molecule has 2 N–H and O–H groups in total. The van der Waals surface area contributed by atoms with Gasteiger partial charge in [0.1, 0.15) is 5.65 Å². The summed E-state index contributed by atoms with van der Waals surface area (Å²) in [5.74, 6) is -0.322. The maximum absolute atomic E-state index is 14.3. The van der Waals surface area contributed by atoms with Gasteiger partial charge >= 0.3 is 0 Å². The van der Waals surface area contributed by atoms with Crippen LogP contribution < -0.4 is 5.32 Å². The maximum atomic E-state index is 14.3. The molecule has 12 heteroatoms. The number of nitrogens with zero attached hydrogens (tertiary/aromatic N) is 4. The maximum Gasteiger partial charge on any atom is 0.216 e. The molecule has 0 radical (unpaired) electrons. The Morgan fingerprint density at radius 2 is 2.19 bits per heavy atom. The summed E-state index contributed by atoms with van der Waals surface area (Å²) in [7, 11) is -3.38. The standard InChI is InChI=1S/C19H22ClFN6O3S/c1-11(2)31(28,29)27-3-4-30-13(10-27)7-23-19-16(21)9-25-18(26-19)15-8-24-17-14(15)5-12(20)6-22-17/h5-6,8-9,11,13H,3-4,7,10H2,1-2H3,(H,22,24)(H,23,25,26). The second-order valence-corrected chi connectivity index (χ2v) is 10.4. The van der Waals surface area contributed by atoms with Gasteiger partial charge in [0.15, 0.2) is 17.5 Å². The van der Waals surface area contributed by atoms with E-state index in [1.807, 2.05) is 0 Å². The van der Waals surface area contributed by atoms with Crippen LogP contribution in [-0.4, -0.2) is 70.3 Å². The van der Waals surface area contributed by atoms with E-state index < -0.39 is 27.2 Å². The first-order valence-corrected chi connectivity index (χ1v) is 11.6. The minimum atomic E-state index is -3.38. The number of nitrogens with one attached hydrogen (secondary N) is 2. The first-order chi connectivity index (χ1) is 14.8. The minimum absolute atomic E-state index is 0.00165. The van der Waals surface area contributed by atoms with Gasteiger partial charge in [-0.25, -0.2) is 27.8 Å². The number of anilines is 1. The number of fused-ring (bicyclic) bond motifs is 1. The van der Waals surface area contributed by atoms with Gasteiger partial charge in [-0.1, -0.05) is 11.6 Å². The van der Waals surface area contributed by atoms with Crippen LogP contribution in [0, 0.1) is 5.82 Å². The van der Waals surface area contributed by atoms with Crippen LogP contribution in [0.3, 0.4) is 0 Å². The van der Waals surface area contributed by atoms with E-state index in [0.29, 0.717) is 28.6 Å². The number of sulfonamides is 1. The van der Waals surface area contributed by atoms with Crippen LogP contribution in [0.4, 0.5) is 10.2 Å². The predicted molar refractivity (Wildman–Crippen MR) is 116 cm³/mol. The average Bonchev–Trinajstić information content (AvgIpc) is 3.16. The van der Waals surface area contributed by atoms with Crippen molar-refractivity contribution in [3.8, 4) is 11.4 Å². The molecule has 4 heterocycles. The molecule has 0 amide bonds. The molecule has 0 spiro atoms. The molecule has 9 nitrogen and oxygen atoms in total. The van der Waals surface area contributed by atoms with Crippen LogP contribution >= 0.6 is 11.6 Å². The summed E-state index contributed by atoms with van der Waals surface area (Å²) >= 11 is 6.04. The number of morpholine rings is 1. The van der Waals surface area contributed by atoms with Gasteiger partial charge in [-0.15, -0.1) is 0 Å². The zero-order valence-electron chi connectivity index (χ0n) is 17.0. The van der Waals surface area contributed by atoms with Gasteiger partial charge in [0.25, 0.3) is 0 Å². The number of aromatic amines is 1. The lowest BCUT2D eigenvalue weighted by Crippen LogP contribution is -2.49. The average molecular weight is 469 g/mol.